The molecule has 0 unspecified atom stereocenters. The summed E-state index contributed by atoms with van der Waals surface area (Å²) in [5, 5.41) is 18.6. The average Bonchev–Trinajstić information content (AvgIpc) is 3.31. The van der Waals surface area contributed by atoms with Gasteiger partial charge in [-0.2, -0.15) is 0 Å². The number of hydrogen-bond donors (Lipinski definition) is 2. The van der Waals surface area contributed by atoms with E-state index in [0.717, 1.165) is 18.9 Å². The monoisotopic (exact) mass is 348 g/mol. The summed E-state index contributed by atoms with van der Waals surface area (Å²) >= 11 is 0. The van der Waals surface area contributed by atoms with E-state index in [2.05, 4.69) is 4.74 Å². The number of β-amino-alcohol motifs (C(OH)–C–C–N with tert-alkyl or cyclic N) is 1. The van der Waals surface area contributed by atoms with Crippen molar-refractivity contribution in [2.75, 3.05) is 18.0 Å². The average molecular weight is 348 g/mol. The molecule has 0 radical (unpaired) electrons. The maximum Gasteiger partial charge on any atom is 0.511 e. The molecule has 4 rings (SSSR count). The van der Waals surface area contributed by atoms with Crippen molar-refractivity contribution < 1.29 is 24.1 Å². The van der Waals surface area contributed by atoms with Gasteiger partial charge < -0.3 is 24.4 Å². The minimum Gasteiger partial charge on any atom is -0.449 e. The van der Waals surface area contributed by atoms with Gasteiger partial charge in [-0.25, -0.2) is 9.18 Å². The molecule has 2 N–H and O–H groups in total. The molecule has 1 saturated carbocycles. The first-order valence-corrected chi connectivity index (χ1v) is 8.16. The van der Waals surface area contributed by atoms with E-state index in [4.69, 9.17) is 5.11 Å². The molecular weight excluding hydrogens is 331 g/mol. The van der Waals surface area contributed by atoms with Crippen molar-refractivity contribution in [3.63, 3.8) is 0 Å². The van der Waals surface area contributed by atoms with Crippen molar-refractivity contribution in [2.24, 2.45) is 0 Å². The molecule has 8 heteroatoms. The Morgan fingerprint density at radius 3 is 2.64 bits per heavy atom. The number of anilines is 1. The molecule has 0 bridgehead atoms. The van der Waals surface area contributed by atoms with Gasteiger partial charge in [-0.05, 0) is 31.4 Å². The van der Waals surface area contributed by atoms with Gasteiger partial charge in [0.2, 0.25) is 5.43 Å². The Hall–Kier alpha value is -2.61. The topological polar surface area (TPSA) is 92.0 Å². The minimum atomic E-state index is -1.58. The molecule has 0 amide bonds. The van der Waals surface area contributed by atoms with Gasteiger partial charge in [0.25, 0.3) is 0 Å². The van der Waals surface area contributed by atoms with Crippen LogP contribution in [0, 0.1) is 5.82 Å². The summed E-state index contributed by atoms with van der Waals surface area (Å²) in [6, 6.07) is 2.87. The fourth-order valence-electron chi connectivity index (χ4n) is 3.36. The summed E-state index contributed by atoms with van der Waals surface area (Å²) in [5.41, 5.74) is 0.231. The number of aliphatic hydroxyl groups is 1. The van der Waals surface area contributed by atoms with E-state index in [0.29, 0.717) is 30.7 Å². The number of halogens is 1. The predicted octanol–water partition coefficient (Wildman–Crippen LogP) is 2.10. The zero-order valence-corrected chi connectivity index (χ0v) is 13.3. The summed E-state index contributed by atoms with van der Waals surface area (Å²) < 4.78 is 20.9. The second kappa shape index (κ2) is 5.73. The molecule has 1 aromatic heterocycles. The van der Waals surface area contributed by atoms with Crippen LogP contribution in [0.1, 0.15) is 25.3 Å². The lowest BCUT2D eigenvalue weighted by molar-refractivity contribution is 0.143. The van der Waals surface area contributed by atoms with Crippen LogP contribution < -0.4 is 15.1 Å². The minimum absolute atomic E-state index is 0.0895. The fourth-order valence-corrected chi connectivity index (χ4v) is 3.36. The number of hydrogen-bond acceptors (Lipinski definition) is 5. The van der Waals surface area contributed by atoms with Crippen LogP contribution in [0.15, 0.2) is 23.1 Å². The van der Waals surface area contributed by atoms with Crippen molar-refractivity contribution in [1.82, 2.24) is 4.57 Å². The van der Waals surface area contributed by atoms with E-state index in [1.807, 2.05) is 0 Å². The Bertz CT molecular complexity index is 921. The number of aliphatic hydroxyl groups excluding tert-OH is 1. The summed E-state index contributed by atoms with van der Waals surface area (Å²) in [4.78, 5) is 25.0. The molecule has 2 fully saturated rings. The molecule has 25 heavy (non-hydrogen) atoms. The number of ether oxygens (including phenoxy) is 1. The smallest absolute Gasteiger partial charge is 0.449 e. The molecule has 132 valence electrons. The summed E-state index contributed by atoms with van der Waals surface area (Å²) in [6.45, 7) is 0.883. The number of carboxylic acid groups (broad SMARTS) is 1. The zero-order valence-electron chi connectivity index (χ0n) is 13.3. The lowest BCUT2D eigenvalue weighted by Gasteiger charge is -2.20. The SMILES string of the molecule is O=C(O)Oc1cn(C2CC2)c2cc(N3CC[C@@H](O)C3)c(F)cc2c1=O. The van der Waals surface area contributed by atoms with Gasteiger partial charge in [0.1, 0.15) is 5.82 Å². The predicted molar refractivity (Wildman–Crippen MR) is 87.9 cm³/mol. The van der Waals surface area contributed by atoms with Crippen LogP contribution in [0.3, 0.4) is 0 Å². The molecule has 2 aliphatic rings. The van der Waals surface area contributed by atoms with Gasteiger partial charge >= 0.3 is 6.16 Å². The molecule has 1 saturated heterocycles. The largest absolute Gasteiger partial charge is 0.511 e. The molecule has 1 aliphatic heterocycles. The van der Waals surface area contributed by atoms with Crippen molar-refractivity contribution >= 4 is 22.7 Å². The summed E-state index contributed by atoms with van der Waals surface area (Å²) in [7, 11) is 0. The highest BCUT2D eigenvalue weighted by Gasteiger charge is 2.28. The highest BCUT2D eigenvalue weighted by molar-refractivity contribution is 5.85. The van der Waals surface area contributed by atoms with E-state index in [-0.39, 0.29) is 17.2 Å². The first kappa shape index (κ1) is 15.9. The number of pyridine rings is 1. The third-order valence-electron chi connectivity index (χ3n) is 4.71. The Kier molecular flexibility index (Phi) is 3.64. The highest BCUT2D eigenvalue weighted by Crippen LogP contribution is 2.39. The van der Waals surface area contributed by atoms with Gasteiger partial charge in [0.05, 0.1) is 28.9 Å². The second-order valence-corrected chi connectivity index (χ2v) is 6.54. The van der Waals surface area contributed by atoms with Crippen LogP contribution in [0.5, 0.6) is 5.75 Å². The number of rotatable bonds is 3. The van der Waals surface area contributed by atoms with E-state index in [1.54, 1.807) is 15.5 Å². The van der Waals surface area contributed by atoms with Crippen LogP contribution in [0.2, 0.25) is 0 Å². The van der Waals surface area contributed by atoms with Crippen LogP contribution in [-0.2, 0) is 0 Å². The van der Waals surface area contributed by atoms with Gasteiger partial charge in [-0.3, -0.25) is 4.79 Å². The lowest BCUT2D eigenvalue weighted by Crippen LogP contribution is -2.23. The maximum atomic E-state index is 14.6. The van der Waals surface area contributed by atoms with E-state index >= 15 is 0 Å². The third-order valence-corrected chi connectivity index (χ3v) is 4.71. The normalized spacial score (nSPS) is 20.2. The van der Waals surface area contributed by atoms with E-state index < -0.39 is 23.5 Å². The number of nitrogens with zero attached hydrogens (tertiary/aromatic N) is 2. The molecule has 1 aromatic carbocycles. The van der Waals surface area contributed by atoms with Gasteiger partial charge in [-0.1, -0.05) is 0 Å². The standard InChI is InChI=1S/C17H17FN2O5/c18-12-5-11-13(6-14(12)19-4-3-10(21)7-19)20(9-1-2-9)8-15(16(11)22)25-17(23)24/h5-6,8-10,21H,1-4,7H2,(H,23,24)/t10-/m1/s1. The second-order valence-electron chi connectivity index (χ2n) is 6.54. The number of carbonyl (C=O) groups is 1. The van der Waals surface area contributed by atoms with Crippen LogP contribution >= 0.6 is 0 Å². The molecular formula is C17H17FN2O5. The fraction of sp³-hybridized carbons (Fsp3) is 0.412. The Morgan fingerprint density at radius 2 is 2.04 bits per heavy atom. The van der Waals surface area contributed by atoms with Crippen LogP contribution in [0.4, 0.5) is 14.9 Å². The summed E-state index contributed by atoms with van der Waals surface area (Å²) in [5.74, 6) is -0.899. The maximum absolute atomic E-state index is 14.6. The van der Waals surface area contributed by atoms with Gasteiger partial charge in [-0.15, -0.1) is 0 Å². The Labute approximate surface area is 141 Å². The van der Waals surface area contributed by atoms with Crippen molar-refractivity contribution in [1.29, 1.82) is 0 Å². The lowest BCUT2D eigenvalue weighted by atomic mass is 10.1. The van der Waals surface area contributed by atoms with E-state index in [1.165, 1.54) is 6.20 Å². The highest BCUT2D eigenvalue weighted by atomic mass is 19.1. The zero-order chi connectivity index (χ0) is 17.7. The first-order chi connectivity index (χ1) is 11.9. The van der Waals surface area contributed by atoms with Crippen molar-refractivity contribution in [3.8, 4) is 5.75 Å². The number of fused-ring (bicyclic) bond motifs is 1. The molecule has 1 aliphatic carbocycles. The Morgan fingerprint density at radius 1 is 1.28 bits per heavy atom. The van der Waals surface area contributed by atoms with Crippen LogP contribution in [0.25, 0.3) is 10.9 Å². The molecule has 2 heterocycles. The number of benzene rings is 1. The van der Waals surface area contributed by atoms with Crippen molar-refractivity contribution in [2.45, 2.75) is 31.4 Å². The quantitative estimate of drug-likeness (QED) is 0.826. The Balaban J connectivity index is 1.90. The number of aromatic nitrogens is 1. The molecule has 7 nitrogen and oxygen atoms in total. The van der Waals surface area contributed by atoms with Crippen LogP contribution in [-0.4, -0.2) is 40.1 Å². The molecule has 0 spiro atoms. The molecule has 2 aromatic rings. The van der Waals surface area contributed by atoms with Gasteiger partial charge in [0, 0.05) is 19.1 Å². The summed E-state index contributed by atoms with van der Waals surface area (Å²) in [6.07, 6.45) is 1.68. The third kappa shape index (κ3) is 2.82. The van der Waals surface area contributed by atoms with E-state index in [9.17, 15) is 19.1 Å². The van der Waals surface area contributed by atoms with Gasteiger partial charge in [0.15, 0.2) is 5.75 Å². The molecule has 1 atom stereocenters. The van der Waals surface area contributed by atoms with Crippen molar-refractivity contribution in [3.05, 3.63) is 34.4 Å². The first-order valence-electron chi connectivity index (χ1n) is 8.16.